The van der Waals surface area contributed by atoms with Gasteiger partial charge in [-0.25, -0.2) is 10.2 Å². The standard InChI is InChI=1S/C22H25N5O/c1-16-7-8-18(14-17(16)2)24-22(28)25-23-15-21-6-5-13-27(21)20-11-9-19(10-12-20)26(3)4/h5-15H,1-4H3,(H2,24,25,28)/b23-15+. The number of hydrogen-bond donors (Lipinski definition) is 2. The van der Waals surface area contributed by atoms with Crippen LogP contribution in [0.15, 0.2) is 65.9 Å². The zero-order chi connectivity index (χ0) is 20.1. The van der Waals surface area contributed by atoms with Gasteiger partial charge in [0.1, 0.15) is 0 Å². The molecule has 1 aromatic heterocycles. The van der Waals surface area contributed by atoms with Crippen LogP contribution in [-0.2, 0) is 0 Å². The van der Waals surface area contributed by atoms with Crippen LogP contribution in [0.25, 0.3) is 5.69 Å². The number of aromatic nitrogens is 1. The topological polar surface area (TPSA) is 61.7 Å². The van der Waals surface area contributed by atoms with E-state index in [2.05, 4.69) is 32.9 Å². The van der Waals surface area contributed by atoms with Crippen molar-refractivity contribution in [2.45, 2.75) is 13.8 Å². The molecule has 0 aliphatic rings. The van der Waals surface area contributed by atoms with Gasteiger partial charge in [0.2, 0.25) is 0 Å². The number of hydrogen-bond acceptors (Lipinski definition) is 3. The molecule has 0 saturated heterocycles. The number of rotatable bonds is 5. The number of nitrogens with zero attached hydrogens (tertiary/aromatic N) is 3. The Morgan fingerprint density at radius 1 is 1.04 bits per heavy atom. The van der Waals surface area contributed by atoms with Crippen molar-refractivity contribution in [3.05, 3.63) is 77.6 Å². The predicted octanol–water partition coefficient (Wildman–Crippen LogP) is 4.32. The largest absolute Gasteiger partial charge is 0.378 e. The second-order valence-corrected chi connectivity index (χ2v) is 6.84. The number of urea groups is 1. The summed E-state index contributed by atoms with van der Waals surface area (Å²) < 4.78 is 2.01. The van der Waals surface area contributed by atoms with Gasteiger partial charge in [-0.15, -0.1) is 0 Å². The lowest BCUT2D eigenvalue weighted by molar-refractivity contribution is 0.252. The smallest absolute Gasteiger partial charge is 0.339 e. The van der Waals surface area contributed by atoms with Gasteiger partial charge in [0.05, 0.1) is 11.9 Å². The highest BCUT2D eigenvalue weighted by atomic mass is 16.2. The second kappa shape index (κ2) is 8.43. The summed E-state index contributed by atoms with van der Waals surface area (Å²) in [6.45, 7) is 4.04. The fraction of sp³-hybridized carbons (Fsp3) is 0.182. The van der Waals surface area contributed by atoms with E-state index in [1.807, 2.05) is 81.2 Å². The molecule has 0 radical (unpaired) electrons. The molecule has 3 aromatic rings. The minimum atomic E-state index is -0.382. The van der Waals surface area contributed by atoms with Gasteiger partial charge in [-0.1, -0.05) is 6.07 Å². The van der Waals surface area contributed by atoms with Crippen LogP contribution in [0.5, 0.6) is 0 Å². The number of carbonyl (C=O) groups excluding carboxylic acids is 1. The van der Waals surface area contributed by atoms with Crippen LogP contribution < -0.4 is 15.6 Å². The molecule has 0 aliphatic carbocycles. The van der Waals surface area contributed by atoms with E-state index in [9.17, 15) is 4.79 Å². The molecule has 28 heavy (non-hydrogen) atoms. The molecule has 0 aliphatic heterocycles. The molecular weight excluding hydrogens is 350 g/mol. The van der Waals surface area contributed by atoms with E-state index in [1.165, 1.54) is 5.56 Å². The third kappa shape index (κ3) is 4.59. The first-order valence-corrected chi connectivity index (χ1v) is 9.06. The van der Waals surface area contributed by atoms with Crippen LogP contribution in [-0.4, -0.2) is 30.9 Å². The average molecular weight is 375 g/mol. The Kier molecular flexibility index (Phi) is 5.79. The summed E-state index contributed by atoms with van der Waals surface area (Å²) >= 11 is 0. The molecule has 6 nitrogen and oxygen atoms in total. The minimum Gasteiger partial charge on any atom is -0.378 e. The highest BCUT2D eigenvalue weighted by Gasteiger charge is 2.04. The van der Waals surface area contributed by atoms with Gasteiger partial charge >= 0.3 is 6.03 Å². The lowest BCUT2D eigenvalue weighted by Gasteiger charge is -2.13. The first-order valence-electron chi connectivity index (χ1n) is 9.06. The normalized spacial score (nSPS) is 10.9. The second-order valence-electron chi connectivity index (χ2n) is 6.84. The summed E-state index contributed by atoms with van der Waals surface area (Å²) in [6.07, 6.45) is 3.58. The third-order valence-corrected chi connectivity index (χ3v) is 4.55. The molecule has 144 valence electrons. The summed E-state index contributed by atoms with van der Waals surface area (Å²) in [4.78, 5) is 14.1. The highest BCUT2D eigenvalue weighted by Crippen LogP contribution is 2.17. The van der Waals surface area contributed by atoms with E-state index >= 15 is 0 Å². The van der Waals surface area contributed by atoms with E-state index in [4.69, 9.17) is 0 Å². The maximum absolute atomic E-state index is 12.0. The first kappa shape index (κ1) is 19.2. The number of anilines is 2. The quantitative estimate of drug-likeness (QED) is 0.515. The van der Waals surface area contributed by atoms with Crippen molar-refractivity contribution < 1.29 is 4.79 Å². The average Bonchev–Trinajstić information content (AvgIpc) is 3.13. The maximum atomic E-state index is 12.0. The lowest BCUT2D eigenvalue weighted by atomic mass is 10.1. The summed E-state index contributed by atoms with van der Waals surface area (Å²) in [5.74, 6) is 0. The highest BCUT2D eigenvalue weighted by molar-refractivity contribution is 5.90. The van der Waals surface area contributed by atoms with Gasteiger partial charge in [0.15, 0.2) is 0 Å². The van der Waals surface area contributed by atoms with E-state index in [-0.39, 0.29) is 6.03 Å². The molecule has 0 fully saturated rings. The zero-order valence-corrected chi connectivity index (χ0v) is 16.6. The van der Waals surface area contributed by atoms with E-state index in [0.717, 1.165) is 28.3 Å². The van der Waals surface area contributed by atoms with Crippen molar-refractivity contribution in [2.75, 3.05) is 24.3 Å². The summed E-state index contributed by atoms with van der Waals surface area (Å²) in [5, 5.41) is 6.84. The van der Waals surface area contributed by atoms with Crippen LogP contribution in [0.1, 0.15) is 16.8 Å². The van der Waals surface area contributed by atoms with Crippen molar-refractivity contribution in [1.82, 2.24) is 9.99 Å². The Morgan fingerprint density at radius 3 is 2.46 bits per heavy atom. The molecule has 0 spiro atoms. The van der Waals surface area contributed by atoms with Crippen LogP contribution >= 0.6 is 0 Å². The monoisotopic (exact) mass is 375 g/mol. The van der Waals surface area contributed by atoms with Gasteiger partial charge in [-0.05, 0) is 73.5 Å². The Hall–Kier alpha value is -3.54. The van der Waals surface area contributed by atoms with Crippen LogP contribution in [0, 0.1) is 13.8 Å². The van der Waals surface area contributed by atoms with E-state index in [0.29, 0.717) is 0 Å². The summed E-state index contributed by atoms with van der Waals surface area (Å²) in [5.41, 5.74) is 8.57. The van der Waals surface area contributed by atoms with E-state index in [1.54, 1.807) is 6.21 Å². The summed E-state index contributed by atoms with van der Waals surface area (Å²) in [7, 11) is 4.02. The number of benzene rings is 2. The Labute approximate surface area is 165 Å². The Bertz CT molecular complexity index is 986. The first-order chi connectivity index (χ1) is 13.4. The van der Waals surface area contributed by atoms with Crippen LogP contribution in [0.4, 0.5) is 16.2 Å². The lowest BCUT2D eigenvalue weighted by Crippen LogP contribution is -2.24. The Balaban J connectivity index is 1.64. The third-order valence-electron chi connectivity index (χ3n) is 4.55. The van der Waals surface area contributed by atoms with Crippen molar-refractivity contribution in [1.29, 1.82) is 0 Å². The molecule has 2 amide bonds. The molecule has 0 atom stereocenters. The number of hydrazone groups is 1. The molecule has 3 rings (SSSR count). The van der Waals surface area contributed by atoms with Gasteiger partial charge in [-0.3, -0.25) is 0 Å². The number of aryl methyl sites for hydroxylation is 2. The molecule has 0 bridgehead atoms. The van der Waals surface area contributed by atoms with E-state index < -0.39 is 0 Å². The minimum absolute atomic E-state index is 0.382. The molecular formula is C22H25N5O. The molecule has 2 aromatic carbocycles. The van der Waals surface area contributed by atoms with Gasteiger partial charge in [-0.2, -0.15) is 5.10 Å². The number of carbonyl (C=O) groups is 1. The van der Waals surface area contributed by atoms with Crippen LogP contribution in [0.2, 0.25) is 0 Å². The maximum Gasteiger partial charge on any atom is 0.339 e. The fourth-order valence-electron chi connectivity index (χ4n) is 2.78. The fourth-order valence-corrected chi connectivity index (χ4v) is 2.78. The number of nitrogens with one attached hydrogen (secondary N) is 2. The van der Waals surface area contributed by atoms with Gasteiger partial charge < -0.3 is 14.8 Å². The van der Waals surface area contributed by atoms with Crippen molar-refractivity contribution in [3.8, 4) is 5.69 Å². The molecule has 1 heterocycles. The van der Waals surface area contributed by atoms with Crippen molar-refractivity contribution in [2.24, 2.45) is 5.10 Å². The molecule has 0 saturated carbocycles. The van der Waals surface area contributed by atoms with Crippen molar-refractivity contribution >= 4 is 23.6 Å². The van der Waals surface area contributed by atoms with Crippen LogP contribution in [0.3, 0.4) is 0 Å². The predicted molar refractivity (Wildman–Crippen MR) is 116 cm³/mol. The molecule has 0 unspecified atom stereocenters. The molecule has 6 heteroatoms. The van der Waals surface area contributed by atoms with Gasteiger partial charge in [0.25, 0.3) is 0 Å². The van der Waals surface area contributed by atoms with Gasteiger partial charge in [0, 0.05) is 37.4 Å². The number of amides is 2. The zero-order valence-electron chi connectivity index (χ0n) is 16.6. The Morgan fingerprint density at radius 2 is 1.79 bits per heavy atom. The van der Waals surface area contributed by atoms with Crippen molar-refractivity contribution in [3.63, 3.8) is 0 Å². The summed E-state index contributed by atoms with van der Waals surface area (Å²) in [6, 6.07) is 17.5. The molecule has 2 N–H and O–H groups in total. The SMILES string of the molecule is Cc1ccc(NC(=O)N/N=C/c2cccn2-c2ccc(N(C)C)cc2)cc1C.